The highest BCUT2D eigenvalue weighted by atomic mass is 19.4. The first-order valence-corrected chi connectivity index (χ1v) is 22.0. The van der Waals surface area contributed by atoms with E-state index in [0.29, 0.717) is 104 Å². The number of carbonyl (C=O) groups is 2. The van der Waals surface area contributed by atoms with Crippen molar-refractivity contribution < 1.29 is 88.0 Å². The number of hydrogen-bond acceptors (Lipinski definition) is 15. The second-order valence-electron chi connectivity index (χ2n) is 14.3. The van der Waals surface area contributed by atoms with Crippen LogP contribution in [0.1, 0.15) is 31.8 Å². The van der Waals surface area contributed by atoms with Gasteiger partial charge in [0.2, 0.25) is 0 Å². The summed E-state index contributed by atoms with van der Waals surface area (Å²) in [5, 5.41) is 5.70. The van der Waals surface area contributed by atoms with Crippen LogP contribution >= 0.6 is 0 Å². The lowest BCUT2D eigenvalue weighted by molar-refractivity contribution is -0.138. The number of rotatable bonds is 36. The van der Waals surface area contributed by atoms with Crippen LogP contribution in [0.5, 0.6) is 0 Å². The number of para-hydroxylation sites is 2. The van der Waals surface area contributed by atoms with Crippen molar-refractivity contribution in [2.45, 2.75) is 12.4 Å². The maximum atomic E-state index is 13.1. The zero-order valence-electron chi connectivity index (χ0n) is 38.0. The summed E-state index contributed by atoms with van der Waals surface area (Å²) in [5.74, 6) is -1.29. The molecule has 15 nitrogen and oxygen atoms in total. The summed E-state index contributed by atoms with van der Waals surface area (Å²) >= 11 is 0. The van der Waals surface area contributed by atoms with Gasteiger partial charge in [-0.2, -0.15) is 26.3 Å². The number of carbonyl (C=O) groups excluding carboxylic acids is 2. The molecule has 2 N–H and O–H groups in total. The fourth-order valence-corrected chi connectivity index (χ4v) is 5.80. The second kappa shape index (κ2) is 32.5. The predicted octanol–water partition coefficient (Wildman–Crippen LogP) is 8.37. The van der Waals surface area contributed by atoms with Crippen molar-refractivity contribution in [1.82, 2.24) is 0 Å². The molecule has 0 amide bonds. The van der Waals surface area contributed by atoms with Gasteiger partial charge in [-0.1, -0.05) is 36.4 Å². The van der Waals surface area contributed by atoms with Crippen LogP contribution < -0.4 is 10.6 Å². The van der Waals surface area contributed by atoms with Crippen molar-refractivity contribution in [3.63, 3.8) is 0 Å². The zero-order chi connectivity index (χ0) is 49.4. The summed E-state index contributed by atoms with van der Waals surface area (Å²) in [6, 6.07) is 22.1. The molecule has 0 fully saturated rings. The topological polar surface area (TPSA) is 160 Å². The minimum atomic E-state index is -4.49. The first-order chi connectivity index (χ1) is 33.4. The number of ether oxygens (including phenoxy) is 11. The molecule has 0 bridgehead atoms. The fourth-order valence-electron chi connectivity index (χ4n) is 5.80. The van der Waals surface area contributed by atoms with Crippen molar-refractivity contribution >= 4 is 34.7 Å². The SMILES string of the molecule is O=C(OCCOCCOCCOCCOCCOCCOCCOCCOCCOCCOC(=O)c1ccccc1Nc1cccc(C(F)(F)F)c1)c1ccccc1Nc1cccc(C(F)(F)F)c1. The van der Waals surface area contributed by atoms with E-state index in [2.05, 4.69) is 10.6 Å². The van der Waals surface area contributed by atoms with E-state index in [1.54, 1.807) is 36.4 Å². The molecule has 4 aromatic carbocycles. The third-order valence-electron chi connectivity index (χ3n) is 9.13. The molecular formula is C48H58F6N2O13. The normalized spacial score (nSPS) is 11.7. The average molecular weight is 985 g/mol. The molecule has 0 heterocycles. The highest BCUT2D eigenvalue weighted by molar-refractivity contribution is 5.97. The molecule has 4 aromatic rings. The van der Waals surface area contributed by atoms with Crippen molar-refractivity contribution in [3.05, 3.63) is 119 Å². The van der Waals surface area contributed by atoms with Crippen LogP contribution in [0.3, 0.4) is 0 Å². The molecule has 0 unspecified atom stereocenters. The third kappa shape index (κ3) is 23.7. The molecule has 0 saturated carbocycles. The zero-order valence-corrected chi connectivity index (χ0v) is 38.0. The molecule has 0 spiro atoms. The van der Waals surface area contributed by atoms with Crippen LogP contribution in [0.2, 0.25) is 0 Å². The van der Waals surface area contributed by atoms with E-state index in [9.17, 15) is 35.9 Å². The summed E-state index contributed by atoms with van der Waals surface area (Å²) in [4.78, 5) is 25.2. The number of alkyl halides is 6. The molecule has 69 heavy (non-hydrogen) atoms. The van der Waals surface area contributed by atoms with Crippen LogP contribution in [-0.4, -0.2) is 144 Å². The van der Waals surface area contributed by atoms with Gasteiger partial charge in [0.25, 0.3) is 0 Å². The summed E-state index contributed by atoms with van der Waals surface area (Å²) in [7, 11) is 0. The highest BCUT2D eigenvalue weighted by Crippen LogP contribution is 2.33. The average Bonchev–Trinajstić information content (AvgIpc) is 3.33. The monoisotopic (exact) mass is 984 g/mol. The lowest BCUT2D eigenvalue weighted by atomic mass is 10.1. The van der Waals surface area contributed by atoms with Crippen molar-refractivity contribution in [2.24, 2.45) is 0 Å². The Kier molecular flexibility index (Phi) is 26.4. The van der Waals surface area contributed by atoms with Crippen LogP contribution in [0, 0.1) is 0 Å². The van der Waals surface area contributed by atoms with E-state index in [0.717, 1.165) is 24.3 Å². The Hall–Kier alpha value is -5.36. The van der Waals surface area contributed by atoms with Crippen LogP contribution in [0.15, 0.2) is 97.1 Å². The van der Waals surface area contributed by atoms with Crippen molar-refractivity contribution in [1.29, 1.82) is 0 Å². The van der Waals surface area contributed by atoms with Crippen LogP contribution in [-0.2, 0) is 64.5 Å². The molecule has 21 heteroatoms. The second-order valence-corrected chi connectivity index (χ2v) is 14.3. The lowest BCUT2D eigenvalue weighted by Crippen LogP contribution is -2.16. The first kappa shape index (κ1) is 56.2. The van der Waals surface area contributed by atoms with Gasteiger partial charge in [0, 0.05) is 11.4 Å². The maximum Gasteiger partial charge on any atom is 0.416 e. The molecule has 4 rings (SSSR count). The number of esters is 2. The van der Waals surface area contributed by atoms with Gasteiger partial charge in [-0.15, -0.1) is 0 Å². The molecule has 0 saturated heterocycles. The van der Waals surface area contributed by atoms with Gasteiger partial charge in [-0.3, -0.25) is 0 Å². The number of nitrogens with one attached hydrogen (secondary N) is 2. The number of hydrogen-bond donors (Lipinski definition) is 2. The Morgan fingerprint density at radius 2 is 0.609 bits per heavy atom. The maximum absolute atomic E-state index is 13.1. The number of halogens is 6. The molecule has 380 valence electrons. The van der Waals surface area contributed by atoms with Crippen molar-refractivity contribution in [3.8, 4) is 0 Å². The fraction of sp³-hybridized carbons (Fsp3) is 0.458. The third-order valence-corrected chi connectivity index (χ3v) is 9.13. The summed E-state index contributed by atoms with van der Waals surface area (Å²) < 4.78 is 138. The van der Waals surface area contributed by atoms with Crippen LogP contribution in [0.4, 0.5) is 49.1 Å². The summed E-state index contributed by atoms with van der Waals surface area (Å²) in [6.45, 7) is 6.05. The lowest BCUT2D eigenvalue weighted by Gasteiger charge is -2.13. The molecule has 0 aliphatic heterocycles. The van der Waals surface area contributed by atoms with Gasteiger partial charge >= 0.3 is 24.3 Å². The Balaban J connectivity index is 0.841. The Morgan fingerprint density at radius 3 is 0.884 bits per heavy atom. The van der Waals surface area contributed by atoms with Crippen LogP contribution in [0.25, 0.3) is 0 Å². The minimum absolute atomic E-state index is 0.0233. The Labute approximate surface area is 396 Å². The summed E-state index contributed by atoms with van der Waals surface area (Å²) in [6.07, 6.45) is -8.99. The molecule has 0 radical (unpaired) electrons. The van der Waals surface area contributed by atoms with Gasteiger partial charge in [-0.05, 0) is 60.7 Å². The largest absolute Gasteiger partial charge is 0.460 e. The standard InChI is InChI=1S/C48H58F6N2O13/c49-47(50,51)37-7-5-9-39(35-37)55-43-13-3-1-11-41(43)45(57)68-33-31-66-29-27-64-25-23-62-21-19-60-17-15-59-16-18-61-20-22-63-24-26-65-28-30-67-32-34-69-46(58)42-12-2-4-14-44(42)56-40-10-6-8-38(36-40)48(52,53)54/h1-14,35-36,55-56H,15-34H2. The van der Waals surface area contributed by atoms with Gasteiger partial charge in [0.05, 0.1) is 153 Å². The first-order valence-electron chi connectivity index (χ1n) is 22.0. The predicted molar refractivity (Wildman–Crippen MR) is 240 cm³/mol. The van der Waals surface area contributed by atoms with E-state index >= 15 is 0 Å². The van der Waals surface area contributed by atoms with Gasteiger partial charge < -0.3 is 62.7 Å². The highest BCUT2D eigenvalue weighted by Gasteiger charge is 2.31. The minimum Gasteiger partial charge on any atom is -0.460 e. The van der Waals surface area contributed by atoms with Gasteiger partial charge in [0.1, 0.15) is 13.2 Å². The van der Waals surface area contributed by atoms with E-state index in [1.165, 1.54) is 36.4 Å². The van der Waals surface area contributed by atoms with Gasteiger partial charge in [-0.25, -0.2) is 9.59 Å². The molecule has 0 aromatic heterocycles. The Morgan fingerprint density at radius 1 is 0.348 bits per heavy atom. The molecular weight excluding hydrogens is 927 g/mol. The molecule has 0 aliphatic carbocycles. The van der Waals surface area contributed by atoms with Crippen molar-refractivity contribution in [2.75, 3.05) is 143 Å². The molecule has 0 aliphatic rings. The number of anilines is 4. The van der Waals surface area contributed by atoms with E-state index in [4.69, 9.17) is 52.1 Å². The molecule has 0 atom stereocenters. The summed E-state index contributed by atoms with van der Waals surface area (Å²) in [5.41, 5.74) is -0.302. The number of benzene rings is 4. The van der Waals surface area contributed by atoms with Gasteiger partial charge in [0.15, 0.2) is 0 Å². The smallest absolute Gasteiger partial charge is 0.416 e. The van der Waals surface area contributed by atoms with E-state index in [-0.39, 0.29) is 62.1 Å². The quantitative estimate of drug-likeness (QED) is 0.0254. The van der Waals surface area contributed by atoms with E-state index in [1.807, 2.05) is 0 Å². The van der Waals surface area contributed by atoms with E-state index < -0.39 is 35.4 Å². The Bertz CT molecular complexity index is 1920.